The van der Waals surface area contributed by atoms with E-state index in [1.807, 2.05) is 32.0 Å². The van der Waals surface area contributed by atoms with Crippen molar-refractivity contribution in [2.45, 2.75) is 25.5 Å². The summed E-state index contributed by atoms with van der Waals surface area (Å²) in [6.07, 6.45) is 1.65. The Kier molecular flexibility index (Phi) is 6.04. The van der Waals surface area contributed by atoms with E-state index in [0.29, 0.717) is 38.7 Å². The van der Waals surface area contributed by atoms with E-state index in [9.17, 15) is 4.79 Å². The van der Waals surface area contributed by atoms with Crippen molar-refractivity contribution in [2.24, 2.45) is 0 Å². The number of nitrogens with one attached hydrogen (secondary N) is 1. The lowest BCUT2D eigenvalue weighted by Crippen LogP contribution is -2.07. The number of H-pyrrole nitrogens is 1. The predicted molar refractivity (Wildman–Crippen MR) is 119 cm³/mol. The van der Waals surface area contributed by atoms with Gasteiger partial charge < -0.3 is 8.98 Å². The summed E-state index contributed by atoms with van der Waals surface area (Å²) in [7, 11) is 0. The molecule has 4 rings (SSSR count). The molecule has 0 aliphatic rings. The molecule has 0 unspecified atom stereocenters. The number of Topliss-reactive ketones (excluding diaryl/α,β-unsaturated/α-hetero) is 1. The number of rotatable bonds is 7. The number of benzene rings is 1. The first-order valence-electron chi connectivity index (χ1n) is 9.15. The summed E-state index contributed by atoms with van der Waals surface area (Å²) in [5.41, 5.74) is 3.32. The van der Waals surface area contributed by atoms with Crippen LogP contribution in [0.4, 0.5) is 0 Å². The fourth-order valence-corrected chi connectivity index (χ4v) is 4.39. The second-order valence-corrected chi connectivity index (χ2v) is 8.54. The van der Waals surface area contributed by atoms with Crippen molar-refractivity contribution < 1.29 is 9.21 Å². The minimum Gasteiger partial charge on any atom is -0.467 e. The highest BCUT2D eigenvalue weighted by Gasteiger charge is 2.18. The van der Waals surface area contributed by atoms with Crippen LogP contribution in [0.1, 0.15) is 27.5 Å². The summed E-state index contributed by atoms with van der Waals surface area (Å²) in [4.78, 5) is 17.2. The number of furan rings is 1. The zero-order chi connectivity index (χ0) is 21.3. The molecule has 9 heteroatoms. The molecule has 0 aliphatic carbocycles. The fourth-order valence-electron chi connectivity index (χ4n) is 3.21. The maximum absolute atomic E-state index is 12.8. The van der Waals surface area contributed by atoms with Gasteiger partial charge in [-0.25, -0.2) is 4.98 Å². The van der Waals surface area contributed by atoms with Crippen molar-refractivity contribution >= 4 is 40.7 Å². The summed E-state index contributed by atoms with van der Waals surface area (Å²) in [5.74, 6) is 1.63. The molecule has 3 aromatic heterocycles. The number of halogens is 2. The predicted octanol–water partition coefficient (Wildman–Crippen LogP) is 5.81. The molecule has 0 aliphatic heterocycles. The molecule has 6 nitrogen and oxygen atoms in total. The Morgan fingerprint density at radius 2 is 2.07 bits per heavy atom. The minimum atomic E-state index is 0.0228. The van der Waals surface area contributed by atoms with Crippen LogP contribution in [0.5, 0.6) is 0 Å². The summed E-state index contributed by atoms with van der Waals surface area (Å²) in [6.45, 7) is 4.52. The molecule has 0 saturated carbocycles. The standard InChI is InChI=1S/C21H18Cl2N4O2S/c1-12-8-17(13(2)27(12)10-15-4-3-7-29-15)19(28)11-30-21-24-20(25-26-21)16-6-5-14(22)9-18(16)23/h3-9H,10-11H2,1-2H3,(H,24,25,26). The SMILES string of the molecule is Cc1cc(C(=O)CSc2n[nH]c(-c3ccc(Cl)cc3Cl)n2)c(C)n1Cc1ccco1. The van der Waals surface area contributed by atoms with Gasteiger partial charge in [0.25, 0.3) is 0 Å². The zero-order valence-electron chi connectivity index (χ0n) is 16.3. The Morgan fingerprint density at radius 1 is 1.23 bits per heavy atom. The van der Waals surface area contributed by atoms with Crippen LogP contribution in [0.3, 0.4) is 0 Å². The highest BCUT2D eigenvalue weighted by molar-refractivity contribution is 7.99. The maximum atomic E-state index is 12.8. The van der Waals surface area contributed by atoms with Crippen LogP contribution < -0.4 is 0 Å². The largest absolute Gasteiger partial charge is 0.467 e. The Balaban J connectivity index is 1.45. The number of carbonyl (C=O) groups excluding carboxylic acids is 1. The van der Waals surface area contributed by atoms with Gasteiger partial charge in [0.2, 0.25) is 5.16 Å². The van der Waals surface area contributed by atoms with Crippen molar-refractivity contribution in [3.63, 3.8) is 0 Å². The molecule has 3 heterocycles. The van der Waals surface area contributed by atoms with Crippen molar-refractivity contribution in [3.8, 4) is 11.4 Å². The van der Waals surface area contributed by atoms with Crippen LogP contribution in [-0.4, -0.2) is 31.3 Å². The molecule has 1 aromatic carbocycles. The van der Waals surface area contributed by atoms with Crippen LogP contribution in [0.2, 0.25) is 10.0 Å². The highest BCUT2D eigenvalue weighted by atomic mass is 35.5. The van der Waals surface area contributed by atoms with E-state index in [-0.39, 0.29) is 11.5 Å². The molecule has 4 aromatic rings. The number of nitrogens with zero attached hydrogens (tertiary/aromatic N) is 3. The van der Waals surface area contributed by atoms with Gasteiger partial charge in [-0.3, -0.25) is 9.89 Å². The smallest absolute Gasteiger partial charge is 0.209 e. The Hall–Kier alpha value is -2.48. The maximum Gasteiger partial charge on any atom is 0.209 e. The van der Waals surface area contributed by atoms with E-state index in [1.54, 1.807) is 24.5 Å². The van der Waals surface area contributed by atoms with Gasteiger partial charge in [-0.05, 0) is 50.2 Å². The molecular formula is C21H18Cl2N4O2S. The molecule has 0 amide bonds. The van der Waals surface area contributed by atoms with Crippen molar-refractivity contribution in [1.29, 1.82) is 0 Å². The number of aryl methyl sites for hydroxylation is 1. The molecule has 154 valence electrons. The van der Waals surface area contributed by atoms with Crippen LogP contribution >= 0.6 is 35.0 Å². The lowest BCUT2D eigenvalue weighted by molar-refractivity contribution is 0.102. The van der Waals surface area contributed by atoms with Gasteiger partial charge in [-0.1, -0.05) is 35.0 Å². The normalized spacial score (nSPS) is 11.2. The topological polar surface area (TPSA) is 76.7 Å². The van der Waals surface area contributed by atoms with E-state index in [2.05, 4.69) is 19.7 Å². The molecular weight excluding hydrogens is 443 g/mol. The Morgan fingerprint density at radius 3 is 2.80 bits per heavy atom. The lowest BCUT2D eigenvalue weighted by Gasteiger charge is -2.07. The minimum absolute atomic E-state index is 0.0228. The summed E-state index contributed by atoms with van der Waals surface area (Å²) < 4.78 is 7.50. The number of ketones is 1. The van der Waals surface area contributed by atoms with Crippen LogP contribution in [0, 0.1) is 13.8 Å². The van der Waals surface area contributed by atoms with E-state index in [1.165, 1.54) is 11.8 Å². The van der Waals surface area contributed by atoms with Gasteiger partial charge in [0.05, 0.1) is 23.6 Å². The van der Waals surface area contributed by atoms with Gasteiger partial charge in [-0.2, -0.15) is 0 Å². The van der Waals surface area contributed by atoms with Gasteiger partial charge in [0.15, 0.2) is 11.6 Å². The van der Waals surface area contributed by atoms with Gasteiger partial charge in [-0.15, -0.1) is 5.10 Å². The van der Waals surface area contributed by atoms with E-state index in [0.717, 1.165) is 17.1 Å². The molecule has 30 heavy (non-hydrogen) atoms. The van der Waals surface area contributed by atoms with Crippen molar-refractivity contribution in [3.05, 3.63) is 75.4 Å². The fraction of sp³-hybridized carbons (Fsp3) is 0.190. The van der Waals surface area contributed by atoms with Gasteiger partial charge >= 0.3 is 0 Å². The highest BCUT2D eigenvalue weighted by Crippen LogP contribution is 2.29. The second kappa shape index (κ2) is 8.71. The number of hydrogen-bond acceptors (Lipinski definition) is 5. The number of aromatic amines is 1. The molecule has 0 radical (unpaired) electrons. The molecule has 0 spiro atoms. The first-order chi connectivity index (χ1) is 14.4. The van der Waals surface area contributed by atoms with Crippen LogP contribution in [0.15, 0.2) is 52.2 Å². The lowest BCUT2D eigenvalue weighted by atomic mass is 10.2. The van der Waals surface area contributed by atoms with E-state index >= 15 is 0 Å². The Bertz CT molecular complexity index is 1200. The second-order valence-electron chi connectivity index (χ2n) is 6.75. The van der Waals surface area contributed by atoms with Crippen molar-refractivity contribution in [1.82, 2.24) is 19.7 Å². The number of thioether (sulfide) groups is 1. The van der Waals surface area contributed by atoms with Crippen molar-refractivity contribution in [2.75, 3.05) is 5.75 Å². The third kappa shape index (κ3) is 4.33. The third-order valence-corrected chi connectivity index (χ3v) is 6.15. The van der Waals surface area contributed by atoms with E-state index in [4.69, 9.17) is 27.6 Å². The first kappa shape index (κ1) is 20.8. The monoisotopic (exact) mass is 460 g/mol. The summed E-state index contributed by atoms with van der Waals surface area (Å²) >= 11 is 13.4. The number of carbonyl (C=O) groups is 1. The number of aromatic nitrogens is 4. The molecule has 0 atom stereocenters. The zero-order valence-corrected chi connectivity index (χ0v) is 18.6. The van der Waals surface area contributed by atoms with Gasteiger partial charge in [0.1, 0.15) is 5.76 Å². The third-order valence-electron chi connectivity index (χ3n) is 4.75. The summed E-state index contributed by atoms with van der Waals surface area (Å²) in [6, 6.07) is 10.9. The molecule has 0 saturated heterocycles. The molecule has 1 N–H and O–H groups in total. The molecule has 0 fully saturated rings. The Labute approximate surface area is 187 Å². The number of hydrogen-bond donors (Lipinski definition) is 1. The summed E-state index contributed by atoms with van der Waals surface area (Å²) in [5, 5.41) is 8.55. The first-order valence-corrected chi connectivity index (χ1v) is 10.9. The average molecular weight is 461 g/mol. The molecule has 0 bridgehead atoms. The average Bonchev–Trinajstić information content (AvgIpc) is 3.44. The van der Waals surface area contributed by atoms with Gasteiger partial charge in [0, 0.05) is 27.5 Å². The van der Waals surface area contributed by atoms with E-state index < -0.39 is 0 Å². The van der Waals surface area contributed by atoms with Crippen LogP contribution in [-0.2, 0) is 6.54 Å². The van der Waals surface area contributed by atoms with Crippen LogP contribution in [0.25, 0.3) is 11.4 Å². The quantitative estimate of drug-likeness (QED) is 0.278.